The van der Waals surface area contributed by atoms with Crippen molar-refractivity contribution in [1.82, 2.24) is 0 Å². The van der Waals surface area contributed by atoms with E-state index in [0.717, 1.165) is 25.1 Å². The van der Waals surface area contributed by atoms with Gasteiger partial charge in [-0.1, -0.05) is 48.0 Å². The smallest absolute Gasteiger partial charge is 0.196 e. The van der Waals surface area contributed by atoms with Crippen molar-refractivity contribution in [3.8, 4) is 0 Å². The van der Waals surface area contributed by atoms with Crippen LogP contribution in [-0.2, 0) is 6.42 Å². The Morgan fingerprint density at radius 2 is 1.95 bits per heavy atom. The molecule has 4 heteroatoms. The van der Waals surface area contributed by atoms with E-state index in [9.17, 15) is 0 Å². The first-order valence-corrected chi connectivity index (χ1v) is 7.50. The maximum absolute atomic E-state index is 6.08. The Morgan fingerprint density at radius 1 is 1.14 bits per heavy atom. The number of aryl methyl sites for hydroxylation is 1. The highest BCUT2D eigenvalue weighted by atomic mass is 35.5. The Hall–Kier alpha value is -2.00. The Balaban J connectivity index is 1.73. The van der Waals surface area contributed by atoms with E-state index >= 15 is 0 Å². The fourth-order valence-electron chi connectivity index (χ4n) is 2.71. The molecule has 2 aromatic rings. The zero-order chi connectivity index (χ0) is 14.7. The molecule has 0 saturated carbocycles. The molecule has 0 amide bonds. The molecule has 0 radical (unpaired) electrons. The number of halogens is 1. The van der Waals surface area contributed by atoms with Crippen molar-refractivity contribution in [3.05, 3.63) is 65.2 Å². The van der Waals surface area contributed by atoms with Gasteiger partial charge in [0.1, 0.15) is 0 Å². The molecule has 1 unspecified atom stereocenters. The second kappa shape index (κ2) is 6.19. The SMILES string of the molecule is NC1=NCC(CCc2ccccc2)N1c1cccc(Cl)c1. The van der Waals surface area contributed by atoms with Crippen molar-refractivity contribution in [3.63, 3.8) is 0 Å². The summed E-state index contributed by atoms with van der Waals surface area (Å²) in [5, 5.41) is 0.717. The van der Waals surface area contributed by atoms with Crippen LogP contribution in [0.2, 0.25) is 5.02 Å². The molecule has 3 rings (SSSR count). The van der Waals surface area contributed by atoms with Gasteiger partial charge in [0, 0.05) is 10.7 Å². The predicted molar refractivity (Wildman–Crippen MR) is 89.0 cm³/mol. The van der Waals surface area contributed by atoms with Gasteiger partial charge in [-0.3, -0.25) is 4.99 Å². The molecule has 108 valence electrons. The Labute approximate surface area is 130 Å². The number of rotatable bonds is 4. The normalized spacial score (nSPS) is 17.9. The van der Waals surface area contributed by atoms with Gasteiger partial charge in [-0.15, -0.1) is 0 Å². The molecule has 2 aromatic carbocycles. The number of hydrogen-bond donors (Lipinski definition) is 1. The first-order chi connectivity index (χ1) is 10.2. The number of hydrogen-bond acceptors (Lipinski definition) is 3. The van der Waals surface area contributed by atoms with E-state index in [2.05, 4.69) is 34.2 Å². The van der Waals surface area contributed by atoms with Crippen molar-refractivity contribution >= 4 is 23.2 Å². The van der Waals surface area contributed by atoms with Crippen molar-refractivity contribution in [2.24, 2.45) is 10.7 Å². The third-order valence-electron chi connectivity index (χ3n) is 3.77. The van der Waals surface area contributed by atoms with Crippen molar-refractivity contribution in [1.29, 1.82) is 0 Å². The Kier molecular flexibility index (Phi) is 4.11. The molecule has 1 atom stereocenters. The van der Waals surface area contributed by atoms with Gasteiger partial charge >= 0.3 is 0 Å². The van der Waals surface area contributed by atoms with E-state index in [1.165, 1.54) is 5.56 Å². The van der Waals surface area contributed by atoms with Crippen molar-refractivity contribution in [2.45, 2.75) is 18.9 Å². The molecule has 3 nitrogen and oxygen atoms in total. The molecule has 0 fully saturated rings. The Morgan fingerprint density at radius 3 is 2.71 bits per heavy atom. The van der Waals surface area contributed by atoms with Crippen molar-refractivity contribution in [2.75, 3.05) is 11.4 Å². The van der Waals surface area contributed by atoms with Crippen molar-refractivity contribution < 1.29 is 0 Å². The third kappa shape index (κ3) is 3.19. The van der Waals surface area contributed by atoms with Crippen LogP contribution in [-0.4, -0.2) is 18.5 Å². The quantitative estimate of drug-likeness (QED) is 0.939. The zero-order valence-electron chi connectivity index (χ0n) is 11.7. The number of nitrogens with two attached hydrogens (primary N) is 1. The van der Waals surface area contributed by atoms with E-state index in [1.54, 1.807) is 0 Å². The summed E-state index contributed by atoms with van der Waals surface area (Å²) in [4.78, 5) is 6.49. The fourth-order valence-corrected chi connectivity index (χ4v) is 2.90. The van der Waals surface area contributed by atoms with Crippen LogP contribution in [0.5, 0.6) is 0 Å². The molecule has 1 aliphatic heterocycles. The second-order valence-electron chi connectivity index (χ2n) is 5.23. The van der Waals surface area contributed by atoms with Gasteiger partial charge in [0.15, 0.2) is 5.96 Å². The van der Waals surface area contributed by atoms with Crippen LogP contribution in [0.3, 0.4) is 0 Å². The van der Waals surface area contributed by atoms with Crippen LogP contribution in [0.4, 0.5) is 5.69 Å². The molecule has 21 heavy (non-hydrogen) atoms. The second-order valence-corrected chi connectivity index (χ2v) is 5.66. The van der Waals surface area contributed by atoms with Gasteiger partial charge in [-0.2, -0.15) is 0 Å². The lowest BCUT2D eigenvalue weighted by molar-refractivity contribution is 0.643. The minimum Gasteiger partial charge on any atom is -0.370 e. The van der Waals surface area contributed by atoms with E-state index < -0.39 is 0 Å². The minimum atomic E-state index is 0.295. The van der Waals surface area contributed by atoms with E-state index in [4.69, 9.17) is 17.3 Å². The lowest BCUT2D eigenvalue weighted by Crippen LogP contribution is -2.41. The van der Waals surface area contributed by atoms with E-state index in [0.29, 0.717) is 17.0 Å². The molecule has 0 aromatic heterocycles. The summed E-state index contributed by atoms with van der Waals surface area (Å²) in [5.41, 5.74) is 8.41. The van der Waals surface area contributed by atoms with Gasteiger partial charge in [0.25, 0.3) is 0 Å². The maximum atomic E-state index is 6.08. The zero-order valence-corrected chi connectivity index (χ0v) is 12.5. The van der Waals surface area contributed by atoms with Gasteiger partial charge in [-0.05, 0) is 36.6 Å². The maximum Gasteiger partial charge on any atom is 0.196 e. The highest BCUT2D eigenvalue weighted by molar-refractivity contribution is 6.30. The van der Waals surface area contributed by atoms with Crippen LogP contribution < -0.4 is 10.6 Å². The summed E-state index contributed by atoms with van der Waals surface area (Å²) in [5.74, 6) is 0.579. The lowest BCUT2D eigenvalue weighted by Gasteiger charge is -2.26. The predicted octanol–water partition coefficient (Wildman–Crippen LogP) is 3.48. The molecule has 0 bridgehead atoms. The third-order valence-corrected chi connectivity index (χ3v) is 4.01. The highest BCUT2D eigenvalue weighted by Crippen LogP contribution is 2.26. The lowest BCUT2D eigenvalue weighted by atomic mass is 10.0. The summed E-state index contributed by atoms with van der Waals surface area (Å²) in [6.07, 6.45) is 2.03. The average molecular weight is 300 g/mol. The number of benzene rings is 2. The topological polar surface area (TPSA) is 41.6 Å². The first kappa shape index (κ1) is 14.0. The van der Waals surface area contributed by atoms with Crippen LogP contribution >= 0.6 is 11.6 Å². The summed E-state index contributed by atoms with van der Waals surface area (Å²) >= 11 is 6.08. The van der Waals surface area contributed by atoms with Gasteiger partial charge in [0.2, 0.25) is 0 Å². The van der Waals surface area contributed by atoms with Crippen LogP contribution in [0, 0.1) is 0 Å². The van der Waals surface area contributed by atoms with Crippen LogP contribution in [0.15, 0.2) is 59.6 Å². The fraction of sp³-hybridized carbons (Fsp3) is 0.235. The van der Waals surface area contributed by atoms with E-state index in [1.807, 2.05) is 30.3 Å². The standard InChI is InChI=1S/C17H18ClN3/c18-14-7-4-8-15(11-14)21-16(12-20-17(21)19)10-9-13-5-2-1-3-6-13/h1-8,11,16H,9-10,12H2,(H2,19,20). The van der Waals surface area contributed by atoms with E-state index in [-0.39, 0.29) is 0 Å². The van der Waals surface area contributed by atoms with Crippen LogP contribution in [0.25, 0.3) is 0 Å². The largest absolute Gasteiger partial charge is 0.370 e. The minimum absolute atomic E-state index is 0.295. The Bertz CT molecular complexity index is 639. The molecule has 0 saturated heterocycles. The number of guanidine groups is 1. The van der Waals surface area contributed by atoms with Gasteiger partial charge in [0.05, 0.1) is 12.6 Å². The molecule has 1 aliphatic rings. The average Bonchev–Trinajstić information content (AvgIpc) is 2.87. The number of anilines is 1. The summed E-state index contributed by atoms with van der Waals surface area (Å²) in [7, 11) is 0. The molecule has 0 spiro atoms. The molecular weight excluding hydrogens is 282 g/mol. The van der Waals surface area contributed by atoms with Crippen LogP contribution in [0.1, 0.15) is 12.0 Å². The van der Waals surface area contributed by atoms with Gasteiger partial charge in [-0.25, -0.2) is 0 Å². The molecular formula is C17H18ClN3. The molecule has 2 N–H and O–H groups in total. The molecule has 0 aliphatic carbocycles. The molecule has 1 heterocycles. The monoisotopic (exact) mass is 299 g/mol. The number of aliphatic imine (C=N–C) groups is 1. The number of nitrogens with zero attached hydrogens (tertiary/aromatic N) is 2. The summed E-state index contributed by atoms with van der Waals surface area (Å²) in [6.45, 7) is 0.741. The summed E-state index contributed by atoms with van der Waals surface area (Å²) in [6, 6.07) is 18.6. The highest BCUT2D eigenvalue weighted by Gasteiger charge is 2.27. The summed E-state index contributed by atoms with van der Waals surface area (Å²) < 4.78 is 0. The first-order valence-electron chi connectivity index (χ1n) is 7.13. The van der Waals surface area contributed by atoms with Gasteiger partial charge < -0.3 is 10.6 Å².